The molecule has 0 atom stereocenters. The Kier molecular flexibility index (Phi) is 4.82. The molecule has 1 aromatic heterocycles. The van der Waals surface area contributed by atoms with Gasteiger partial charge in [0.05, 0.1) is 5.52 Å². The molecule has 1 aliphatic carbocycles. The number of aromatic nitrogens is 1. The van der Waals surface area contributed by atoms with E-state index in [2.05, 4.69) is 22.4 Å². The number of carbonyl (C=O) groups excluding carboxylic acids is 1. The first-order chi connectivity index (χ1) is 12.8. The molecular formula is C22H22N2O2. The van der Waals surface area contributed by atoms with Crippen LogP contribution in [0.25, 0.3) is 10.9 Å². The lowest BCUT2D eigenvalue weighted by atomic mass is 10.1. The summed E-state index contributed by atoms with van der Waals surface area (Å²) >= 11 is 0. The molecule has 26 heavy (non-hydrogen) atoms. The van der Waals surface area contributed by atoms with Gasteiger partial charge in [0.25, 0.3) is 0 Å². The minimum Gasteiger partial charge on any atom is -0.439 e. The quantitative estimate of drug-likeness (QED) is 0.629. The molecule has 1 fully saturated rings. The molecule has 0 saturated heterocycles. The molecule has 4 rings (SSSR count). The first-order valence-corrected chi connectivity index (χ1v) is 9.18. The largest absolute Gasteiger partial charge is 0.439 e. The van der Waals surface area contributed by atoms with Gasteiger partial charge >= 0.3 is 0 Å². The van der Waals surface area contributed by atoms with Gasteiger partial charge < -0.3 is 14.8 Å². The lowest BCUT2D eigenvalue weighted by Crippen LogP contribution is -2.14. The molecule has 0 radical (unpaired) electrons. The molecule has 1 N–H and O–H groups in total. The summed E-state index contributed by atoms with van der Waals surface area (Å²) in [6.07, 6.45) is 6.50. The lowest BCUT2D eigenvalue weighted by Gasteiger charge is -2.14. The summed E-state index contributed by atoms with van der Waals surface area (Å²) < 4.78 is 5.89. The molecule has 3 aromatic rings. The van der Waals surface area contributed by atoms with E-state index in [0.29, 0.717) is 18.3 Å². The summed E-state index contributed by atoms with van der Waals surface area (Å²) in [6, 6.07) is 18.3. The standard InChI is InChI=1S/C22H22N2O2/c25-14-13-16-5-11-21-17(15-16)6-12-22(24-21)26-20-9-7-19(8-10-20)23-18-3-1-2-4-18/h5-12,14-15,18,23H,1-4,13H2. The number of hydrogen-bond acceptors (Lipinski definition) is 4. The van der Waals surface area contributed by atoms with E-state index < -0.39 is 0 Å². The maximum absolute atomic E-state index is 10.6. The summed E-state index contributed by atoms with van der Waals surface area (Å²) in [4.78, 5) is 15.2. The predicted molar refractivity (Wildman–Crippen MR) is 104 cm³/mol. The number of fused-ring (bicyclic) bond motifs is 1. The zero-order chi connectivity index (χ0) is 17.8. The second-order valence-corrected chi connectivity index (χ2v) is 6.80. The van der Waals surface area contributed by atoms with Crippen LogP contribution in [0.5, 0.6) is 11.6 Å². The van der Waals surface area contributed by atoms with E-state index in [1.807, 2.05) is 42.5 Å². The van der Waals surface area contributed by atoms with Crippen LogP contribution in [-0.2, 0) is 11.2 Å². The van der Waals surface area contributed by atoms with Crippen molar-refractivity contribution in [3.05, 3.63) is 60.2 Å². The smallest absolute Gasteiger partial charge is 0.219 e. The van der Waals surface area contributed by atoms with Crippen molar-refractivity contribution in [3.63, 3.8) is 0 Å². The van der Waals surface area contributed by atoms with Crippen LogP contribution >= 0.6 is 0 Å². The molecule has 0 spiro atoms. The zero-order valence-electron chi connectivity index (χ0n) is 14.7. The summed E-state index contributed by atoms with van der Waals surface area (Å²) in [7, 11) is 0. The Labute approximate surface area is 153 Å². The maximum Gasteiger partial charge on any atom is 0.219 e. The highest BCUT2D eigenvalue weighted by Gasteiger charge is 2.14. The minimum absolute atomic E-state index is 0.426. The Morgan fingerprint density at radius 1 is 1.04 bits per heavy atom. The van der Waals surface area contributed by atoms with Crippen molar-refractivity contribution in [1.82, 2.24) is 4.98 Å². The van der Waals surface area contributed by atoms with Crippen LogP contribution in [0.4, 0.5) is 5.69 Å². The van der Waals surface area contributed by atoms with E-state index in [-0.39, 0.29) is 0 Å². The third-order valence-corrected chi connectivity index (χ3v) is 4.85. The van der Waals surface area contributed by atoms with Gasteiger partial charge in [-0.15, -0.1) is 0 Å². The topological polar surface area (TPSA) is 51.2 Å². The Morgan fingerprint density at radius 3 is 2.62 bits per heavy atom. The molecule has 4 heteroatoms. The molecule has 0 bridgehead atoms. The van der Waals surface area contributed by atoms with Crippen molar-refractivity contribution in [1.29, 1.82) is 0 Å². The van der Waals surface area contributed by atoms with Crippen LogP contribution in [0.15, 0.2) is 54.6 Å². The minimum atomic E-state index is 0.426. The molecule has 1 saturated carbocycles. The van der Waals surface area contributed by atoms with Crippen LogP contribution in [0.3, 0.4) is 0 Å². The van der Waals surface area contributed by atoms with E-state index in [1.54, 1.807) is 0 Å². The Hall–Kier alpha value is -2.88. The molecule has 4 nitrogen and oxygen atoms in total. The number of anilines is 1. The van der Waals surface area contributed by atoms with E-state index >= 15 is 0 Å². The SMILES string of the molecule is O=CCc1ccc2nc(Oc3ccc(NC4CCCC4)cc3)ccc2c1. The number of aldehydes is 1. The number of ether oxygens (including phenoxy) is 1. The zero-order valence-corrected chi connectivity index (χ0v) is 14.7. The number of carbonyl (C=O) groups is 1. The fourth-order valence-electron chi connectivity index (χ4n) is 3.48. The maximum atomic E-state index is 10.6. The van der Waals surface area contributed by atoms with Crippen LogP contribution in [0.2, 0.25) is 0 Å². The third kappa shape index (κ3) is 3.85. The predicted octanol–water partition coefficient (Wildman–Crippen LogP) is 5.12. The Bertz CT molecular complexity index is 900. The van der Waals surface area contributed by atoms with Crippen LogP contribution in [-0.4, -0.2) is 17.3 Å². The fraction of sp³-hybridized carbons (Fsp3) is 0.273. The normalized spacial score (nSPS) is 14.5. The average molecular weight is 346 g/mol. The van der Waals surface area contributed by atoms with Crippen molar-refractivity contribution in [2.24, 2.45) is 0 Å². The molecule has 2 aromatic carbocycles. The van der Waals surface area contributed by atoms with E-state index in [0.717, 1.165) is 34.2 Å². The lowest BCUT2D eigenvalue weighted by molar-refractivity contribution is -0.107. The van der Waals surface area contributed by atoms with Gasteiger partial charge in [0, 0.05) is 29.6 Å². The van der Waals surface area contributed by atoms with Crippen molar-refractivity contribution < 1.29 is 9.53 Å². The van der Waals surface area contributed by atoms with Crippen molar-refractivity contribution in [2.75, 3.05) is 5.32 Å². The average Bonchev–Trinajstić information content (AvgIpc) is 3.17. The van der Waals surface area contributed by atoms with Crippen LogP contribution in [0.1, 0.15) is 31.2 Å². The number of benzene rings is 2. The molecule has 0 aliphatic heterocycles. The van der Waals surface area contributed by atoms with E-state index in [9.17, 15) is 4.79 Å². The van der Waals surface area contributed by atoms with Gasteiger partial charge in [-0.3, -0.25) is 0 Å². The Balaban J connectivity index is 1.45. The second-order valence-electron chi connectivity index (χ2n) is 6.80. The molecule has 1 heterocycles. The van der Waals surface area contributed by atoms with Gasteiger partial charge in [0.1, 0.15) is 12.0 Å². The molecular weight excluding hydrogens is 324 g/mol. The van der Waals surface area contributed by atoms with Crippen molar-refractivity contribution in [2.45, 2.75) is 38.1 Å². The highest BCUT2D eigenvalue weighted by atomic mass is 16.5. The highest BCUT2D eigenvalue weighted by molar-refractivity contribution is 5.80. The van der Waals surface area contributed by atoms with Gasteiger partial charge in [0.2, 0.25) is 5.88 Å². The monoisotopic (exact) mass is 346 g/mol. The third-order valence-electron chi connectivity index (χ3n) is 4.85. The van der Waals surface area contributed by atoms with E-state index in [1.165, 1.54) is 25.7 Å². The number of rotatable bonds is 6. The fourth-order valence-corrected chi connectivity index (χ4v) is 3.48. The molecule has 0 unspecified atom stereocenters. The Morgan fingerprint density at radius 2 is 1.85 bits per heavy atom. The highest BCUT2D eigenvalue weighted by Crippen LogP contribution is 2.26. The van der Waals surface area contributed by atoms with Gasteiger partial charge in [-0.1, -0.05) is 18.9 Å². The van der Waals surface area contributed by atoms with Gasteiger partial charge in [0.15, 0.2) is 0 Å². The van der Waals surface area contributed by atoms with Crippen LogP contribution < -0.4 is 10.1 Å². The molecule has 132 valence electrons. The van der Waals surface area contributed by atoms with Crippen molar-refractivity contribution >= 4 is 22.9 Å². The number of pyridine rings is 1. The van der Waals surface area contributed by atoms with E-state index in [4.69, 9.17) is 4.74 Å². The number of nitrogens with one attached hydrogen (secondary N) is 1. The van der Waals surface area contributed by atoms with Crippen LogP contribution in [0, 0.1) is 0 Å². The summed E-state index contributed by atoms with van der Waals surface area (Å²) in [5, 5.41) is 4.58. The summed E-state index contributed by atoms with van der Waals surface area (Å²) in [5.74, 6) is 1.34. The number of nitrogens with zero attached hydrogens (tertiary/aromatic N) is 1. The first-order valence-electron chi connectivity index (χ1n) is 9.18. The van der Waals surface area contributed by atoms with Gasteiger partial charge in [-0.25, -0.2) is 4.98 Å². The second kappa shape index (κ2) is 7.56. The summed E-state index contributed by atoms with van der Waals surface area (Å²) in [6.45, 7) is 0. The number of hydrogen-bond donors (Lipinski definition) is 1. The van der Waals surface area contributed by atoms with Gasteiger partial charge in [-0.05, 0) is 60.9 Å². The van der Waals surface area contributed by atoms with Gasteiger partial charge in [-0.2, -0.15) is 0 Å². The molecule has 0 amide bonds. The van der Waals surface area contributed by atoms with Crippen molar-refractivity contribution in [3.8, 4) is 11.6 Å². The summed E-state index contributed by atoms with van der Waals surface area (Å²) in [5.41, 5.74) is 2.99. The first kappa shape index (κ1) is 16.6. The molecule has 1 aliphatic rings.